The van der Waals surface area contributed by atoms with Crippen LogP contribution in [0.1, 0.15) is 39.2 Å². The van der Waals surface area contributed by atoms with Gasteiger partial charge in [-0.15, -0.1) is 11.3 Å². The van der Waals surface area contributed by atoms with Crippen molar-refractivity contribution in [1.82, 2.24) is 5.32 Å². The minimum Gasteiger partial charge on any atom is -0.316 e. The van der Waals surface area contributed by atoms with Gasteiger partial charge in [0, 0.05) is 0 Å². The molecule has 17 heavy (non-hydrogen) atoms. The molecule has 2 unspecified atom stereocenters. The lowest BCUT2D eigenvalue weighted by Gasteiger charge is -2.07. The summed E-state index contributed by atoms with van der Waals surface area (Å²) in [6, 6.07) is 2.29. The number of halogens is 1. The smallest absolute Gasteiger partial charge is 0.0701 e. The molecule has 1 aromatic heterocycles. The van der Waals surface area contributed by atoms with Gasteiger partial charge in [0.15, 0.2) is 0 Å². The lowest BCUT2D eigenvalue weighted by atomic mass is 10.1. The highest BCUT2D eigenvalue weighted by atomic mass is 79.9. The zero-order valence-corrected chi connectivity index (χ0v) is 13.5. The van der Waals surface area contributed by atoms with Crippen molar-refractivity contribution in [2.45, 2.75) is 33.6 Å². The van der Waals surface area contributed by atoms with Gasteiger partial charge in [-0.05, 0) is 69.2 Å². The third kappa shape index (κ3) is 2.94. The maximum atomic E-state index is 3.60. The molecule has 0 bridgehead atoms. The van der Waals surface area contributed by atoms with Crippen LogP contribution < -0.4 is 5.32 Å². The van der Waals surface area contributed by atoms with Crippen LogP contribution in [0.2, 0.25) is 0 Å². The highest BCUT2D eigenvalue weighted by molar-refractivity contribution is 9.11. The van der Waals surface area contributed by atoms with Crippen molar-refractivity contribution < 1.29 is 0 Å². The Kier molecular flexibility index (Phi) is 4.01. The summed E-state index contributed by atoms with van der Waals surface area (Å²) in [6.45, 7) is 11.6. The van der Waals surface area contributed by atoms with Crippen molar-refractivity contribution >= 4 is 27.3 Å². The molecule has 1 aromatic rings. The molecule has 1 aliphatic rings. The number of hydrogen-bond acceptors (Lipinski definition) is 2. The largest absolute Gasteiger partial charge is 0.316 e. The predicted molar refractivity (Wildman–Crippen MR) is 79.7 cm³/mol. The van der Waals surface area contributed by atoms with E-state index in [1.54, 1.807) is 11.3 Å². The first kappa shape index (κ1) is 13.6. The Balaban J connectivity index is 1.92. The average Bonchev–Trinajstić information content (AvgIpc) is 2.56. The van der Waals surface area contributed by atoms with Crippen LogP contribution in [0.15, 0.2) is 15.2 Å². The van der Waals surface area contributed by atoms with Crippen molar-refractivity contribution in [2.24, 2.45) is 17.3 Å². The van der Waals surface area contributed by atoms with Crippen molar-refractivity contribution in [3.63, 3.8) is 0 Å². The van der Waals surface area contributed by atoms with E-state index in [-0.39, 0.29) is 0 Å². The van der Waals surface area contributed by atoms with Gasteiger partial charge in [0.1, 0.15) is 0 Å². The lowest BCUT2D eigenvalue weighted by molar-refractivity contribution is 0.487. The summed E-state index contributed by atoms with van der Waals surface area (Å²) < 4.78 is 1.25. The van der Waals surface area contributed by atoms with Crippen molar-refractivity contribution in [1.29, 1.82) is 0 Å². The van der Waals surface area contributed by atoms with Crippen LogP contribution in [0.5, 0.6) is 0 Å². The van der Waals surface area contributed by atoms with Crippen molar-refractivity contribution in [3.8, 4) is 0 Å². The minimum absolute atomic E-state index is 0.463. The third-order valence-corrected chi connectivity index (χ3v) is 5.44. The van der Waals surface area contributed by atoms with Gasteiger partial charge in [-0.2, -0.15) is 0 Å². The molecule has 2 atom stereocenters. The van der Waals surface area contributed by atoms with Gasteiger partial charge < -0.3 is 5.32 Å². The zero-order valence-electron chi connectivity index (χ0n) is 11.1. The van der Waals surface area contributed by atoms with Crippen LogP contribution in [0.4, 0.5) is 0 Å². The van der Waals surface area contributed by atoms with Crippen molar-refractivity contribution in [3.05, 3.63) is 20.8 Å². The Hall–Kier alpha value is 0.140. The topological polar surface area (TPSA) is 12.0 Å². The number of rotatable bonds is 5. The molecule has 1 heterocycles. The second-order valence-corrected chi connectivity index (χ2v) is 8.43. The highest BCUT2D eigenvalue weighted by Gasteiger charge is 2.57. The Bertz CT molecular complexity index is 383. The predicted octanol–water partition coefficient (Wildman–Crippen LogP) is 4.50. The first-order valence-electron chi connectivity index (χ1n) is 6.37. The molecule has 3 heteroatoms. The highest BCUT2D eigenvalue weighted by Crippen LogP contribution is 2.64. The average molecular weight is 316 g/mol. The summed E-state index contributed by atoms with van der Waals surface area (Å²) in [4.78, 5) is 0. The van der Waals surface area contributed by atoms with Crippen LogP contribution >= 0.6 is 27.3 Å². The molecule has 1 saturated carbocycles. The van der Waals surface area contributed by atoms with Crippen LogP contribution in [-0.4, -0.2) is 13.1 Å². The van der Waals surface area contributed by atoms with Crippen LogP contribution in [0, 0.1) is 17.3 Å². The fraction of sp³-hybridized carbons (Fsp3) is 0.714. The summed E-state index contributed by atoms with van der Waals surface area (Å²) in [6.07, 6.45) is 0. The number of hydrogen-bond donors (Lipinski definition) is 1. The zero-order chi connectivity index (χ0) is 12.6. The van der Waals surface area contributed by atoms with E-state index in [4.69, 9.17) is 0 Å². The molecule has 1 nitrogen and oxygen atoms in total. The number of thiophene rings is 1. The van der Waals surface area contributed by atoms with Gasteiger partial charge in [-0.3, -0.25) is 0 Å². The molecule has 0 aliphatic heterocycles. The van der Waals surface area contributed by atoms with Gasteiger partial charge in [0.25, 0.3) is 0 Å². The molecule has 96 valence electrons. The van der Waals surface area contributed by atoms with Crippen LogP contribution in [0.25, 0.3) is 0 Å². The second kappa shape index (κ2) is 5.02. The lowest BCUT2D eigenvalue weighted by Crippen LogP contribution is -2.23. The van der Waals surface area contributed by atoms with Gasteiger partial charge in [0.05, 0.1) is 3.79 Å². The molecule has 1 aliphatic carbocycles. The molecule has 0 spiro atoms. The molecule has 0 aromatic carbocycles. The molecule has 0 amide bonds. The summed E-state index contributed by atoms with van der Waals surface area (Å²) >= 11 is 5.36. The van der Waals surface area contributed by atoms with Gasteiger partial charge in [0.2, 0.25) is 0 Å². The summed E-state index contributed by atoms with van der Waals surface area (Å²) in [5.41, 5.74) is 1.98. The molecule has 2 rings (SSSR count). The standard InChI is InChI=1S/C14H22BrNS/c1-9(2)6-16-7-11-13(14(11,3)4)10-5-12(15)17-8-10/h5,8-9,11,13,16H,6-7H2,1-4H3. The summed E-state index contributed by atoms with van der Waals surface area (Å²) in [5.74, 6) is 2.28. The fourth-order valence-electron chi connectivity index (χ4n) is 2.80. The second-order valence-electron chi connectivity index (χ2n) is 6.14. The van der Waals surface area contributed by atoms with E-state index in [1.807, 2.05) is 0 Å². The molecule has 1 fully saturated rings. The maximum absolute atomic E-state index is 3.60. The van der Waals surface area contributed by atoms with E-state index in [0.29, 0.717) is 5.41 Å². The molecule has 1 N–H and O–H groups in total. The first-order chi connectivity index (χ1) is 7.93. The van der Waals surface area contributed by atoms with E-state index < -0.39 is 0 Å². The molecule has 0 radical (unpaired) electrons. The van der Waals surface area contributed by atoms with Crippen LogP contribution in [-0.2, 0) is 0 Å². The fourth-order valence-corrected chi connectivity index (χ4v) is 4.01. The van der Waals surface area contributed by atoms with E-state index in [1.165, 1.54) is 9.35 Å². The normalized spacial score (nSPS) is 26.5. The summed E-state index contributed by atoms with van der Waals surface area (Å²) in [7, 11) is 0. The van der Waals surface area contributed by atoms with Crippen molar-refractivity contribution in [2.75, 3.05) is 13.1 Å². The van der Waals surface area contributed by atoms with Crippen LogP contribution in [0.3, 0.4) is 0 Å². The molecule has 0 saturated heterocycles. The Labute approximate surface area is 117 Å². The monoisotopic (exact) mass is 315 g/mol. The molecular weight excluding hydrogens is 294 g/mol. The van der Waals surface area contributed by atoms with Gasteiger partial charge >= 0.3 is 0 Å². The quantitative estimate of drug-likeness (QED) is 0.843. The summed E-state index contributed by atoms with van der Waals surface area (Å²) in [5, 5.41) is 5.91. The Morgan fingerprint density at radius 2 is 2.18 bits per heavy atom. The number of nitrogens with one attached hydrogen (secondary N) is 1. The van der Waals surface area contributed by atoms with E-state index in [0.717, 1.165) is 30.8 Å². The SMILES string of the molecule is CC(C)CNCC1C(c2csc(Br)c2)C1(C)C. The van der Waals surface area contributed by atoms with E-state index >= 15 is 0 Å². The Morgan fingerprint density at radius 1 is 1.47 bits per heavy atom. The minimum atomic E-state index is 0.463. The van der Waals surface area contributed by atoms with E-state index in [9.17, 15) is 0 Å². The maximum Gasteiger partial charge on any atom is 0.0701 e. The third-order valence-electron chi connectivity index (χ3n) is 3.91. The molecular formula is C14H22BrNS. The van der Waals surface area contributed by atoms with Gasteiger partial charge in [-0.25, -0.2) is 0 Å². The Morgan fingerprint density at radius 3 is 2.71 bits per heavy atom. The first-order valence-corrected chi connectivity index (χ1v) is 8.05. The van der Waals surface area contributed by atoms with Gasteiger partial charge in [-0.1, -0.05) is 27.7 Å². The van der Waals surface area contributed by atoms with E-state index in [2.05, 4.69) is 60.4 Å².